The molecule has 0 radical (unpaired) electrons. The Balaban J connectivity index is 1.27. The number of hydrogen-bond donors (Lipinski definition) is 1. The van der Waals surface area contributed by atoms with Crippen molar-refractivity contribution in [2.75, 3.05) is 42.1 Å². The average Bonchev–Trinajstić information content (AvgIpc) is 2.90. The summed E-state index contributed by atoms with van der Waals surface area (Å²) in [6, 6.07) is 14.6. The molecule has 0 unspecified atom stereocenters. The maximum absolute atomic E-state index is 14.0. The molecule has 2 aromatic rings. The Bertz CT molecular complexity index is 899. The number of halogens is 1. The molecule has 2 aliphatic rings. The van der Waals surface area contributed by atoms with E-state index in [-0.39, 0.29) is 28.6 Å². The van der Waals surface area contributed by atoms with E-state index >= 15 is 0 Å². The average molecular weight is 414 g/mol. The summed E-state index contributed by atoms with van der Waals surface area (Å²) >= 11 is 1.41. The van der Waals surface area contributed by atoms with Crippen molar-refractivity contribution in [1.82, 2.24) is 4.90 Å². The van der Waals surface area contributed by atoms with Crippen LogP contribution in [0.4, 0.5) is 15.8 Å². The lowest BCUT2D eigenvalue weighted by Crippen LogP contribution is -2.49. The van der Waals surface area contributed by atoms with E-state index in [0.717, 1.165) is 24.1 Å². The minimum Gasteiger partial charge on any atom is -0.366 e. The van der Waals surface area contributed by atoms with Crippen LogP contribution in [0.5, 0.6) is 0 Å². The number of anilines is 2. The molecule has 2 amide bonds. The predicted octanol–water partition coefficient (Wildman–Crippen LogP) is 3.16. The molecule has 29 heavy (non-hydrogen) atoms. The molecule has 7 heteroatoms. The summed E-state index contributed by atoms with van der Waals surface area (Å²) in [5.74, 6) is 0.0618. The van der Waals surface area contributed by atoms with Gasteiger partial charge in [0.25, 0.3) is 0 Å². The van der Waals surface area contributed by atoms with Crippen LogP contribution in [0, 0.1) is 5.82 Å². The Morgan fingerprint density at radius 3 is 2.59 bits per heavy atom. The molecule has 0 aliphatic carbocycles. The lowest BCUT2D eigenvalue weighted by molar-refractivity contribution is -0.128. The second kappa shape index (κ2) is 8.86. The summed E-state index contributed by atoms with van der Waals surface area (Å²) in [5.41, 5.74) is 2.60. The van der Waals surface area contributed by atoms with Gasteiger partial charge in [-0.3, -0.25) is 9.59 Å². The third-order valence-electron chi connectivity index (χ3n) is 5.48. The summed E-state index contributed by atoms with van der Waals surface area (Å²) in [7, 11) is 0. The van der Waals surface area contributed by atoms with Gasteiger partial charge in [-0.25, -0.2) is 4.39 Å². The van der Waals surface area contributed by atoms with Crippen LogP contribution in [-0.2, 0) is 16.0 Å². The molecule has 152 valence electrons. The van der Waals surface area contributed by atoms with Gasteiger partial charge < -0.3 is 15.1 Å². The zero-order chi connectivity index (χ0) is 20.2. The molecular weight excluding hydrogens is 389 g/mol. The Morgan fingerprint density at radius 1 is 1.07 bits per heavy atom. The van der Waals surface area contributed by atoms with Crippen LogP contribution >= 0.6 is 11.8 Å². The van der Waals surface area contributed by atoms with Crippen LogP contribution in [0.15, 0.2) is 48.5 Å². The predicted molar refractivity (Wildman–Crippen MR) is 115 cm³/mol. The van der Waals surface area contributed by atoms with Crippen LogP contribution < -0.4 is 10.2 Å². The largest absolute Gasteiger partial charge is 0.366 e. The highest BCUT2D eigenvalue weighted by atomic mass is 32.2. The van der Waals surface area contributed by atoms with Crippen molar-refractivity contribution >= 4 is 35.0 Å². The number of para-hydroxylation sites is 2. The number of rotatable bonds is 4. The molecule has 5 nitrogen and oxygen atoms in total. The molecule has 0 aromatic heterocycles. The van der Waals surface area contributed by atoms with E-state index in [0.29, 0.717) is 31.9 Å². The van der Waals surface area contributed by atoms with Gasteiger partial charge in [0.1, 0.15) is 5.82 Å². The number of carbonyl (C=O) groups excluding carboxylic acids is 2. The second-order valence-corrected chi connectivity index (χ2v) is 8.50. The SMILES string of the molecule is O=C1Nc2ccccc2CC[C@H]1SCC(=O)N1CCN(c2ccccc2F)CC1. The zero-order valence-electron chi connectivity index (χ0n) is 16.1. The maximum atomic E-state index is 14.0. The Labute approximate surface area is 174 Å². The lowest BCUT2D eigenvalue weighted by atomic mass is 10.1. The highest BCUT2D eigenvalue weighted by molar-refractivity contribution is 8.01. The number of benzene rings is 2. The van der Waals surface area contributed by atoms with E-state index in [1.165, 1.54) is 17.8 Å². The number of aryl methyl sites for hydroxylation is 1. The zero-order valence-corrected chi connectivity index (χ0v) is 17.0. The third-order valence-corrected chi connectivity index (χ3v) is 6.74. The Kier molecular flexibility index (Phi) is 6.04. The summed E-state index contributed by atoms with van der Waals surface area (Å²) in [6.45, 7) is 2.35. The number of amides is 2. The molecule has 0 bridgehead atoms. The van der Waals surface area contributed by atoms with Crippen LogP contribution in [0.25, 0.3) is 0 Å². The lowest BCUT2D eigenvalue weighted by Gasteiger charge is -2.36. The third kappa shape index (κ3) is 4.56. The number of nitrogens with one attached hydrogen (secondary N) is 1. The highest BCUT2D eigenvalue weighted by Crippen LogP contribution is 2.27. The molecule has 0 spiro atoms. The number of piperazine rings is 1. The first-order valence-electron chi connectivity index (χ1n) is 9.89. The monoisotopic (exact) mass is 413 g/mol. The molecule has 1 fully saturated rings. The molecule has 2 aliphatic heterocycles. The van der Waals surface area contributed by atoms with E-state index in [1.807, 2.05) is 40.1 Å². The van der Waals surface area contributed by atoms with Crippen molar-refractivity contribution in [2.24, 2.45) is 0 Å². The molecule has 1 saturated heterocycles. The number of thioether (sulfide) groups is 1. The molecule has 4 rings (SSSR count). The van der Waals surface area contributed by atoms with Crippen LogP contribution in [0.1, 0.15) is 12.0 Å². The minimum absolute atomic E-state index is 0.0304. The molecule has 0 saturated carbocycles. The number of carbonyl (C=O) groups is 2. The van der Waals surface area contributed by atoms with Crippen LogP contribution in [0.3, 0.4) is 0 Å². The summed E-state index contributed by atoms with van der Waals surface area (Å²) in [6.07, 6.45) is 1.55. The van der Waals surface area contributed by atoms with Gasteiger partial charge in [0, 0.05) is 31.9 Å². The summed E-state index contributed by atoms with van der Waals surface area (Å²) < 4.78 is 14.0. The fourth-order valence-corrected chi connectivity index (χ4v) is 4.84. The molecule has 1 N–H and O–H groups in total. The van der Waals surface area contributed by atoms with E-state index in [2.05, 4.69) is 5.32 Å². The van der Waals surface area contributed by atoms with Gasteiger partial charge in [-0.15, -0.1) is 11.8 Å². The van der Waals surface area contributed by atoms with E-state index < -0.39 is 0 Å². The Hall–Kier alpha value is -2.54. The normalized spacial score (nSPS) is 19.3. The standard InChI is InChI=1S/C22H24FN3O2S/c23-17-6-2-4-8-19(17)25-11-13-26(14-12-25)21(27)15-29-20-10-9-16-5-1-3-7-18(16)24-22(20)28/h1-8,20H,9-15H2,(H,24,28)/t20-/m1/s1. The van der Waals surface area contributed by atoms with Crippen LogP contribution in [0.2, 0.25) is 0 Å². The van der Waals surface area contributed by atoms with Crippen molar-refractivity contribution in [2.45, 2.75) is 18.1 Å². The minimum atomic E-state index is -0.233. The second-order valence-electron chi connectivity index (χ2n) is 7.30. The van der Waals surface area contributed by atoms with Gasteiger partial charge in [0.05, 0.1) is 16.7 Å². The van der Waals surface area contributed by atoms with Crippen molar-refractivity contribution in [1.29, 1.82) is 0 Å². The van der Waals surface area contributed by atoms with Gasteiger partial charge >= 0.3 is 0 Å². The van der Waals surface area contributed by atoms with Crippen molar-refractivity contribution in [3.63, 3.8) is 0 Å². The number of hydrogen-bond acceptors (Lipinski definition) is 4. The molecule has 1 atom stereocenters. The Morgan fingerprint density at radius 2 is 1.79 bits per heavy atom. The van der Waals surface area contributed by atoms with E-state index in [4.69, 9.17) is 0 Å². The van der Waals surface area contributed by atoms with Crippen LogP contribution in [-0.4, -0.2) is 53.9 Å². The first-order valence-corrected chi connectivity index (χ1v) is 10.9. The maximum Gasteiger partial charge on any atom is 0.237 e. The molecule has 2 heterocycles. The molecular formula is C22H24FN3O2S. The first-order chi connectivity index (χ1) is 14.1. The van der Waals surface area contributed by atoms with Crippen molar-refractivity contribution < 1.29 is 14.0 Å². The number of fused-ring (bicyclic) bond motifs is 1. The van der Waals surface area contributed by atoms with Gasteiger partial charge in [0.2, 0.25) is 11.8 Å². The first kappa shape index (κ1) is 19.8. The number of nitrogens with zero attached hydrogens (tertiary/aromatic N) is 2. The smallest absolute Gasteiger partial charge is 0.237 e. The van der Waals surface area contributed by atoms with Crippen molar-refractivity contribution in [3.05, 3.63) is 59.9 Å². The van der Waals surface area contributed by atoms with Gasteiger partial charge in [0.15, 0.2) is 0 Å². The topological polar surface area (TPSA) is 52.7 Å². The summed E-state index contributed by atoms with van der Waals surface area (Å²) in [4.78, 5) is 28.9. The summed E-state index contributed by atoms with van der Waals surface area (Å²) in [5, 5.41) is 2.75. The fourth-order valence-electron chi connectivity index (χ4n) is 3.82. The van der Waals surface area contributed by atoms with Crippen molar-refractivity contribution in [3.8, 4) is 0 Å². The van der Waals surface area contributed by atoms with Gasteiger partial charge in [-0.05, 0) is 36.6 Å². The fraction of sp³-hybridized carbons (Fsp3) is 0.364. The van der Waals surface area contributed by atoms with E-state index in [1.54, 1.807) is 12.1 Å². The van der Waals surface area contributed by atoms with E-state index in [9.17, 15) is 14.0 Å². The highest BCUT2D eigenvalue weighted by Gasteiger charge is 2.27. The van der Waals surface area contributed by atoms with Gasteiger partial charge in [-0.1, -0.05) is 30.3 Å². The quantitative estimate of drug-likeness (QED) is 0.837. The van der Waals surface area contributed by atoms with Gasteiger partial charge in [-0.2, -0.15) is 0 Å². The molecule has 2 aromatic carbocycles.